The molecule has 10 heteroatoms. The molecule has 0 fully saturated rings. The van der Waals surface area contributed by atoms with Gasteiger partial charge in [-0.2, -0.15) is 0 Å². The van der Waals surface area contributed by atoms with E-state index in [-0.39, 0.29) is 24.1 Å². The number of benzene rings is 2. The lowest BCUT2D eigenvalue weighted by molar-refractivity contribution is -0.113. The number of ether oxygens (including phenoxy) is 2. The summed E-state index contributed by atoms with van der Waals surface area (Å²) in [6.45, 7) is 7.02. The van der Waals surface area contributed by atoms with E-state index in [0.717, 1.165) is 5.69 Å². The number of hydrogen-bond donors (Lipinski definition) is 2. The molecule has 0 spiro atoms. The summed E-state index contributed by atoms with van der Waals surface area (Å²) < 4.78 is 12.4. The Balaban J connectivity index is 1.56. The minimum absolute atomic E-state index is 0.124. The van der Waals surface area contributed by atoms with Gasteiger partial charge in [0.2, 0.25) is 5.91 Å². The third-order valence-electron chi connectivity index (χ3n) is 5.36. The molecule has 0 aliphatic carbocycles. The molecule has 1 aromatic heterocycles. The van der Waals surface area contributed by atoms with Gasteiger partial charge in [0, 0.05) is 17.8 Å². The highest BCUT2D eigenvalue weighted by Gasteiger charge is 2.16. The summed E-state index contributed by atoms with van der Waals surface area (Å²) >= 11 is 1.30. The normalized spacial score (nSPS) is 10.8. The number of amides is 2. The van der Waals surface area contributed by atoms with Gasteiger partial charge in [0.05, 0.1) is 26.5 Å². The smallest absolute Gasteiger partial charge is 0.251 e. The molecule has 0 saturated carbocycles. The summed E-state index contributed by atoms with van der Waals surface area (Å²) in [7, 11) is 3.06. The molecule has 0 aliphatic rings. The molecule has 0 unspecified atom stereocenters. The van der Waals surface area contributed by atoms with Crippen LogP contribution in [0.3, 0.4) is 0 Å². The number of methoxy groups -OCH3 is 2. The first-order valence-corrected chi connectivity index (χ1v) is 12.3. The van der Waals surface area contributed by atoms with Crippen molar-refractivity contribution in [1.82, 2.24) is 20.1 Å². The number of nitrogens with one attached hydrogen (secondary N) is 2. The van der Waals surface area contributed by atoms with Crippen molar-refractivity contribution in [2.75, 3.05) is 25.3 Å². The Labute approximate surface area is 209 Å². The maximum atomic E-state index is 12.6. The second-order valence-corrected chi connectivity index (χ2v) is 8.95. The van der Waals surface area contributed by atoms with Gasteiger partial charge in [-0.3, -0.25) is 9.59 Å². The van der Waals surface area contributed by atoms with Gasteiger partial charge in [0.1, 0.15) is 0 Å². The molecule has 9 nitrogen and oxygen atoms in total. The van der Waals surface area contributed by atoms with Crippen molar-refractivity contribution in [3.05, 3.63) is 59.4 Å². The van der Waals surface area contributed by atoms with E-state index in [2.05, 4.69) is 34.7 Å². The van der Waals surface area contributed by atoms with E-state index in [1.807, 2.05) is 35.8 Å². The van der Waals surface area contributed by atoms with Crippen molar-refractivity contribution in [2.45, 2.75) is 44.9 Å². The maximum Gasteiger partial charge on any atom is 0.251 e. The van der Waals surface area contributed by atoms with Crippen LogP contribution in [0.25, 0.3) is 0 Å². The molecule has 2 aromatic carbocycles. The van der Waals surface area contributed by atoms with Crippen molar-refractivity contribution in [1.29, 1.82) is 0 Å². The van der Waals surface area contributed by atoms with Crippen LogP contribution in [0.15, 0.2) is 47.6 Å². The standard InChI is InChI=1S/C25H31N5O4S/c1-6-30-22(14-26-24(32)18-9-12-20(33-4)21(13-18)34-5)28-29-25(30)35-15-23(31)27-19-10-7-17(8-11-19)16(2)3/h7-13,16H,6,14-15H2,1-5H3,(H,26,32)(H,27,31). The van der Waals surface area contributed by atoms with Crippen LogP contribution in [0, 0.1) is 0 Å². The zero-order chi connectivity index (χ0) is 25.4. The largest absolute Gasteiger partial charge is 0.493 e. The summed E-state index contributed by atoms with van der Waals surface area (Å²) in [5.41, 5.74) is 2.42. The second kappa shape index (κ2) is 12.3. The number of rotatable bonds is 11. The quantitative estimate of drug-likeness (QED) is 0.384. The molecule has 2 N–H and O–H groups in total. The Hall–Kier alpha value is -3.53. The summed E-state index contributed by atoms with van der Waals surface area (Å²) in [5.74, 6) is 1.87. The SMILES string of the molecule is CCn1c(CNC(=O)c2ccc(OC)c(OC)c2)nnc1SCC(=O)Nc1ccc(C(C)C)cc1. The zero-order valence-electron chi connectivity index (χ0n) is 20.6. The molecule has 0 atom stereocenters. The van der Waals surface area contributed by atoms with Gasteiger partial charge >= 0.3 is 0 Å². The van der Waals surface area contributed by atoms with Gasteiger partial charge in [-0.05, 0) is 48.7 Å². The maximum absolute atomic E-state index is 12.6. The van der Waals surface area contributed by atoms with Crippen LogP contribution in [0.4, 0.5) is 5.69 Å². The number of anilines is 1. The Kier molecular flexibility index (Phi) is 9.13. The van der Waals surface area contributed by atoms with E-state index in [1.165, 1.54) is 24.4 Å². The predicted molar refractivity (Wildman–Crippen MR) is 136 cm³/mol. The Morgan fingerprint density at radius 3 is 2.37 bits per heavy atom. The number of hydrogen-bond acceptors (Lipinski definition) is 7. The van der Waals surface area contributed by atoms with Crippen LogP contribution in [-0.4, -0.2) is 46.6 Å². The molecule has 3 aromatic rings. The van der Waals surface area contributed by atoms with E-state index in [1.54, 1.807) is 25.3 Å². The first-order chi connectivity index (χ1) is 16.9. The third kappa shape index (κ3) is 6.75. The van der Waals surface area contributed by atoms with Crippen molar-refractivity contribution >= 4 is 29.3 Å². The molecule has 0 aliphatic heterocycles. The molecule has 2 amide bonds. The average Bonchev–Trinajstić information content (AvgIpc) is 3.27. The van der Waals surface area contributed by atoms with Crippen LogP contribution in [0.2, 0.25) is 0 Å². The van der Waals surface area contributed by atoms with Crippen molar-refractivity contribution in [2.24, 2.45) is 0 Å². The second-order valence-electron chi connectivity index (χ2n) is 8.01. The lowest BCUT2D eigenvalue weighted by Gasteiger charge is -2.11. The highest BCUT2D eigenvalue weighted by atomic mass is 32.2. The van der Waals surface area contributed by atoms with Gasteiger partial charge in [-0.15, -0.1) is 10.2 Å². The number of carbonyl (C=O) groups is 2. The van der Waals surface area contributed by atoms with Crippen LogP contribution < -0.4 is 20.1 Å². The fourth-order valence-electron chi connectivity index (χ4n) is 3.39. The summed E-state index contributed by atoms with van der Waals surface area (Å²) in [6, 6.07) is 12.8. The lowest BCUT2D eigenvalue weighted by atomic mass is 10.0. The zero-order valence-corrected chi connectivity index (χ0v) is 21.4. The van der Waals surface area contributed by atoms with Gasteiger partial charge in [-0.25, -0.2) is 0 Å². The van der Waals surface area contributed by atoms with Gasteiger partial charge in [-0.1, -0.05) is 37.7 Å². The minimum atomic E-state index is -0.270. The monoisotopic (exact) mass is 497 g/mol. The first kappa shape index (κ1) is 26.1. The number of aromatic nitrogens is 3. The number of nitrogens with zero attached hydrogens (tertiary/aromatic N) is 3. The van der Waals surface area contributed by atoms with E-state index in [0.29, 0.717) is 40.5 Å². The summed E-state index contributed by atoms with van der Waals surface area (Å²) in [4.78, 5) is 25.0. The lowest BCUT2D eigenvalue weighted by Crippen LogP contribution is -2.25. The van der Waals surface area contributed by atoms with Crippen LogP contribution in [0.1, 0.15) is 48.4 Å². The van der Waals surface area contributed by atoms with Gasteiger partial charge in [0.15, 0.2) is 22.5 Å². The first-order valence-electron chi connectivity index (χ1n) is 11.3. The van der Waals surface area contributed by atoms with E-state index in [9.17, 15) is 9.59 Å². The summed E-state index contributed by atoms with van der Waals surface area (Å²) in [6.07, 6.45) is 0. The molecular formula is C25H31N5O4S. The highest BCUT2D eigenvalue weighted by Crippen LogP contribution is 2.27. The molecule has 1 heterocycles. The van der Waals surface area contributed by atoms with Crippen LogP contribution >= 0.6 is 11.8 Å². The Morgan fingerprint density at radius 1 is 1.03 bits per heavy atom. The van der Waals surface area contributed by atoms with E-state index >= 15 is 0 Å². The van der Waals surface area contributed by atoms with Crippen molar-refractivity contribution in [3.8, 4) is 11.5 Å². The van der Waals surface area contributed by atoms with Gasteiger partial charge < -0.3 is 24.7 Å². The van der Waals surface area contributed by atoms with E-state index in [4.69, 9.17) is 9.47 Å². The molecule has 0 bridgehead atoms. The van der Waals surface area contributed by atoms with E-state index < -0.39 is 0 Å². The third-order valence-corrected chi connectivity index (χ3v) is 6.32. The molecule has 0 saturated heterocycles. The molecular weight excluding hydrogens is 466 g/mol. The molecule has 0 radical (unpaired) electrons. The number of thioether (sulfide) groups is 1. The summed E-state index contributed by atoms with van der Waals surface area (Å²) in [5, 5.41) is 14.8. The molecule has 35 heavy (non-hydrogen) atoms. The number of carbonyl (C=O) groups excluding carboxylic acids is 2. The fourth-order valence-corrected chi connectivity index (χ4v) is 4.21. The topological polar surface area (TPSA) is 107 Å². The molecule has 3 rings (SSSR count). The Morgan fingerprint density at radius 2 is 1.74 bits per heavy atom. The average molecular weight is 498 g/mol. The van der Waals surface area contributed by atoms with Crippen LogP contribution in [0.5, 0.6) is 11.5 Å². The molecule has 186 valence electrons. The van der Waals surface area contributed by atoms with Gasteiger partial charge in [0.25, 0.3) is 5.91 Å². The Bertz CT molecular complexity index is 1160. The predicted octanol–water partition coefficient (Wildman–Crippen LogP) is 4.10. The fraction of sp³-hybridized carbons (Fsp3) is 0.360. The highest BCUT2D eigenvalue weighted by molar-refractivity contribution is 7.99. The minimum Gasteiger partial charge on any atom is -0.493 e. The van der Waals surface area contributed by atoms with Crippen molar-refractivity contribution < 1.29 is 19.1 Å². The van der Waals surface area contributed by atoms with Crippen LogP contribution in [-0.2, 0) is 17.9 Å². The van der Waals surface area contributed by atoms with Crippen molar-refractivity contribution in [3.63, 3.8) is 0 Å².